The summed E-state index contributed by atoms with van der Waals surface area (Å²) in [4.78, 5) is 34.1. The Balaban J connectivity index is 1.32. The standard InChI is InChI=1S/C23H15N7O4/c31-20(29-27-18-13-5-1-3-7-15(13)25-22(18)33)12-9-10-17(24-11-12)21(32)30-28-19-14-6-2-4-8-16(14)26-23(19)34/h1-11,25-26,33-34H. The largest absolute Gasteiger partial charge is 0.493 e. The lowest BCUT2D eigenvalue weighted by molar-refractivity contribution is 0.0979. The van der Waals surface area contributed by atoms with Crippen LogP contribution in [-0.4, -0.2) is 37.0 Å². The molecule has 34 heavy (non-hydrogen) atoms. The smallest absolute Gasteiger partial charge is 0.313 e. The van der Waals surface area contributed by atoms with Gasteiger partial charge in [-0.25, -0.2) is 0 Å². The van der Waals surface area contributed by atoms with Gasteiger partial charge in [-0.1, -0.05) is 36.4 Å². The molecule has 0 radical (unpaired) electrons. The maximum Gasteiger partial charge on any atom is 0.313 e. The molecule has 4 N–H and O–H groups in total. The average molecular weight is 453 g/mol. The Kier molecular flexibility index (Phi) is 5.11. The third-order valence-electron chi connectivity index (χ3n) is 5.03. The van der Waals surface area contributed by atoms with Gasteiger partial charge in [-0.05, 0) is 24.3 Å². The van der Waals surface area contributed by atoms with Crippen molar-refractivity contribution in [1.29, 1.82) is 0 Å². The van der Waals surface area contributed by atoms with Crippen molar-refractivity contribution in [3.05, 3.63) is 78.1 Å². The second kappa shape index (κ2) is 8.39. The number of H-pyrrole nitrogens is 2. The predicted octanol–water partition coefficient (Wildman–Crippen LogP) is 5.30. The van der Waals surface area contributed by atoms with Crippen molar-refractivity contribution >= 4 is 45.0 Å². The second-order valence-electron chi connectivity index (χ2n) is 7.18. The van der Waals surface area contributed by atoms with Gasteiger partial charge in [-0.15, -0.1) is 20.5 Å². The first-order chi connectivity index (χ1) is 16.5. The van der Waals surface area contributed by atoms with Crippen molar-refractivity contribution in [2.24, 2.45) is 20.5 Å². The molecule has 166 valence electrons. The summed E-state index contributed by atoms with van der Waals surface area (Å²) in [5, 5.41) is 36.2. The molecule has 0 aliphatic heterocycles. The number of hydrogen-bond acceptors (Lipinski definition) is 7. The first-order valence-corrected chi connectivity index (χ1v) is 9.99. The monoisotopic (exact) mass is 453 g/mol. The van der Waals surface area contributed by atoms with E-state index in [1.165, 1.54) is 18.3 Å². The Bertz CT molecular complexity index is 1490. The third kappa shape index (κ3) is 3.77. The molecule has 3 aromatic heterocycles. The molecule has 5 rings (SSSR count). The van der Waals surface area contributed by atoms with Gasteiger partial charge in [0.05, 0.1) is 16.6 Å². The number of para-hydroxylation sites is 2. The minimum Gasteiger partial charge on any atom is -0.493 e. The van der Waals surface area contributed by atoms with Crippen LogP contribution in [-0.2, 0) is 0 Å². The number of hydrogen-bond donors (Lipinski definition) is 4. The zero-order chi connectivity index (χ0) is 23.7. The molecular weight excluding hydrogens is 438 g/mol. The highest BCUT2D eigenvalue weighted by atomic mass is 16.3. The number of pyridine rings is 1. The maximum absolute atomic E-state index is 12.4. The Morgan fingerprint density at radius 3 is 1.76 bits per heavy atom. The summed E-state index contributed by atoms with van der Waals surface area (Å²) in [6.45, 7) is 0. The van der Waals surface area contributed by atoms with Gasteiger partial charge in [0.2, 0.25) is 11.8 Å². The first-order valence-electron chi connectivity index (χ1n) is 9.99. The van der Waals surface area contributed by atoms with Gasteiger partial charge in [-0.3, -0.25) is 14.6 Å². The highest BCUT2D eigenvalue weighted by molar-refractivity contribution is 5.98. The van der Waals surface area contributed by atoms with Crippen molar-refractivity contribution in [1.82, 2.24) is 15.0 Å². The van der Waals surface area contributed by atoms with E-state index in [4.69, 9.17) is 0 Å². The molecule has 0 saturated heterocycles. The average Bonchev–Trinajstić information content (AvgIpc) is 3.35. The van der Waals surface area contributed by atoms with Gasteiger partial charge < -0.3 is 20.2 Å². The fourth-order valence-corrected chi connectivity index (χ4v) is 3.37. The number of carbonyl (C=O) groups excluding carboxylic acids is 2. The molecule has 0 fully saturated rings. The van der Waals surface area contributed by atoms with Crippen LogP contribution < -0.4 is 0 Å². The summed E-state index contributed by atoms with van der Waals surface area (Å²) in [6, 6.07) is 16.8. The number of aromatic amines is 2. The van der Waals surface area contributed by atoms with Crippen LogP contribution in [0.25, 0.3) is 21.8 Å². The van der Waals surface area contributed by atoms with Gasteiger partial charge in [0, 0.05) is 17.0 Å². The number of aromatic nitrogens is 3. The van der Waals surface area contributed by atoms with Crippen molar-refractivity contribution < 1.29 is 19.8 Å². The molecule has 2 amide bonds. The van der Waals surface area contributed by atoms with Crippen LogP contribution >= 0.6 is 0 Å². The maximum atomic E-state index is 12.4. The van der Waals surface area contributed by atoms with Crippen molar-refractivity contribution in [2.45, 2.75) is 0 Å². The lowest BCUT2D eigenvalue weighted by Crippen LogP contribution is -2.01. The van der Waals surface area contributed by atoms with Gasteiger partial charge in [0.1, 0.15) is 5.69 Å². The number of azo groups is 2. The minimum atomic E-state index is -0.756. The Morgan fingerprint density at radius 2 is 1.24 bits per heavy atom. The molecule has 0 atom stereocenters. The van der Waals surface area contributed by atoms with E-state index < -0.39 is 11.8 Å². The lowest BCUT2D eigenvalue weighted by atomic mass is 10.2. The number of carbonyl (C=O) groups is 2. The second-order valence-corrected chi connectivity index (χ2v) is 7.18. The Hall–Kier alpha value is -5.19. The van der Waals surface area contributed by atoms with E-state index in [2.05, 4.69) is 35.4 Å². The van der Waals surface area contributed by atoms with Gasteiger partial charge in [-0.2, -0.15) is 0 Å². The van der Waals surface area contributed by atoms with E-state index in [0.29, 0.717) is 21.8 Å². The van der Waals surface area contributed by atoms with Crippen molar-refractivity contribution in [3.63, 3.8) is 0 Å². The van der Waals surface area contributed by atoms with Crippen molar-refractivity contribution in [2.75, 3.05) is 0 Å². The molecule has 0 unspecified atom stereocenters. The highest BCUT2D eigenvalue weighted by Crippen LogP contribution is 2.36. The normalized spacial score (nSPS) is 11.8. The fraction of sp³-hybridized carbons (Fsp3) is 0. The van der Waals surface area contributed by atoms with E-state index in [-0.39, 0.29) is 34.4 Å². The molecule has 0 aliphatic rings. The van der Waals surface area contributed by atoms with Gasteiger partial charge >= 0.3 is 5.91 Å². The Morgan fingerprint density at radius 1 is 0.706 bits per heavy atom. The molecule has 11 heteroatoms. The molecule has 3 heterocycles. The Labute approximate surface area is 190 Å². The van der Waals surface area contributed by atoms with Crippen LogP contribution in [0, 0.1) is 0 Å². The van der Waals surface area contributed by atoms with Crippen LogP contribution in [0.4, 0.5) is 11.4 Å². The van der Waals surface area contributed by atoms with Crippen LogP contribution in [0.2, 0.25) is 0 Å². The summed E-state index contributed by atoms with van der Waals surface area (Å²) >= 11 is 0. The molecule has 11 nitrogen and oxygen atoms in total. The number of nitrogens with one attached hydrogen (secondary N) is 2. The van der Waals surface area contributed by atoms with Gasteiger partial charge in [0.25, 0.3) is 5.91 Å². The summed E-state index contributed by atoms with van der Waals surface area (Å²) in [5.41, 5.74) is 1.62. The molecule has 2 aromatic carbocycles. The molecule has 0 spiro atoms. The zero-order valence-electron chi connectivity index (χ0n) is 17.3. The molecule has 5 aromatic rings. The number of fused-ring (bicyclic) bond motifs is 2. The fourth-order valence-electron chi connectivity index (χ4n) is 3.37. The summed E-state index contributed by atoms with van der Waals surface area (Å²) in [5.74, 6) is -1.88. The number of benzene rings is 2. The summed E-state index contributed by atoms with van der Waals surface area (Å²) in [7, 11) is 0. The number of rotatable bonds is 4. The molecular formula is C23H15N7O4. The molecule has 0 saturated carbocycles. The van der Waals surface area contributed by atoms with E-state index >= 15 is 0 Å². The topological polar surface area (TPSA) is 169 Å². The molecule has 0 bridgehead atoms. The summed E-state index contributed by atoms with van der Waals surface area (Å²) in [6.07, 6.45) is 1.17. The first kappa shape index (κ1) is 20.7. The van der Waals surface area contributed by atoms with Crippen LogP contribution in [0.1, 0.15) is 20.8 Å². The zero-order valence-corrected chi connectivity index (χ0v) is 17.3. The third-order valence-corrected chi connectivity index (χ3v) is 5.03. The van der Waals surface area contributed by atoms with Crippen LogP contribution in [0.3, 0.4) is 0 Å². The summed E-state index contributed by atoms with van der Waals surface area (Å²) < 4.78 is 0. The SMILES string of the molecule is O=C(N=Nc1c(O)[nH]c2ccccc12)c1ccc(C(=O)N=Nc2c(O)[nH]c3ccccc23)nc1. The number of nitrogens with zero attached hydrogens (tertiary/aromatic N) is 5. The van der Waals surface area contributed by atoms with Crippen LogP contribution in [0.5, 0.6) is 11.8 Å². The highest BCUT2D eigenvalue weighted by Gasteiger charge is 2.14. The lowest BCUT2D eigenvalue weighted by Gasteiger charge is -1.97. The van der Waals surface area contributed by atoms with Crippen LogP contribution in [0.15, 0.2) is 87.3 Å². The number of aromatic hydroxyl groups is 2. The quantitative estimate of drug-likeness (QED) is 0.270. The van der Waals surface area contributed by atoms with E-state index in [1.54, 1.807) is 48.5 Å². The van der Waals surface area contributed by atoms with Gasteiger partial charge in [0.15, 0.2) is 11.4 Å². The minimum absolute atomic E-state index is 0.0501. The van der Waals surface area contributed by atoms with E-state index in [9.17, 15) is 19.8 Å². The van der Waals surface area contributed by atoms with E-state index in [0.717, 1.165) is 0 Å². The van der Waals surface area contributed by atoms with Crippen molar-refractivity contribution in [3.8, 4) is 11.8 Å². The predicted molar refractivity (Wildman–Crippen MR) is 122 cm³/mol. The van der Waals surface area contributed by atoms with E-state index in [1.807, 2.05) is 0 Å². The number of amides is 2. The molecule has 0 aliphatic carbocycles.